The predicted octanol–water partition coefficient (Wildman–Crippen LogP) is 2.97. The largest absolute Gasteiger partial charge is 0.485 e. The molecule has 2 N–H and O–H groups in total. The smallest absolute Gasteiger partial charge is 0.267 e. The number of anilines is 2. The fraction of sp³-hybridized carbons (Fsp3) is 0.167. The first kappa shape index (κ1) is 19.3. The van der Waals surface area contributed by atoms with Gasteiger partial charge in [-0.2, -0.15) is 10.1 Å². The lowest BCUT2D eigenvalue weighted by atomic mass is 10.2. The van der Waals surface area contributed by atoms with Crippen molar-refractivity contribution in [2.75, 3.05) is 30.4 Å². The Morgan fingerprint density at radius 3 is 2.82 bits per heavy atom. The lowest BCUT2D eigenvalue weighted by molar-refractivity contribution is 0.208. The van der Waals surface area contributed by atoms with Crippen molar-refractivity contribution in [3.8, 4) is 11.4 Å². The molecular formula is C24H21N7O2. The number of fused-ring (bicyclic) bond motifs is 4. The minimum atomic E-state index is -0.184. The Balaban J connectivity index is 1.37. The van der Waals surface area contributed by atoms with Gasteiger partial charge in [0.25, 0.3) is 5.56 Å². The van der Waals surface area contributed by atoms with E-state index in [1.54, 1.807) is 17.0 Å². The summed E-state index contributed by atoms with van der Waals surface area (Å²) in [4.78, 5) is 24.6. The van der Waals surface area contributed by atoms with Crippen molar-refractivity contribution < 1.29 is 4.74 Å². The summed E-state index contributed by atoms with van der Waals surface area (Å²) in [5, 5.41) is 11.5. The highest BCUT2D eigenvalue weighted by Crippen LogP contribution is 2.32. The molecule has 33 heavy (non-hydrogen) atoms. The maximum Gasteiger partial charge on any atom is 0.267 e. The lowest BCUT2D eigenvalue weighted by Gasteiger charge is -2.33. The van der Waals surface area contributed by atoms with E-state index in [1.807, 2.05) is 54.6 Å². The van der Waals surface area contributed by atoms with Crippen LogP contribution in [0, 0.1) is 0 Å². The van der Waals surface area contributed by atoms with E-state index in [-0.39, 0.29) is 11.7 Å². The Morgan fingerprint density at radius 2 is 1.94 bits per heavy atom. The van der Waals surface area contributed by atoms with Gasteiger partial charge < -0.3 is 15.0 Å². The van der Waals surface area contributed by atoms with Gasteiger partial charge in [0.05, 0.1) is 35.2 Å². The van der Waals surface area contributed by atoms with Crippen molar-refractivity contribution in [2.45, 2.75) is 6.10 Å². The zero-order valence-electron chi connectivity index (χ0n) is 17.9. The molecule has 0 saturated carbocycles. The van der Waals surface area contributed by atoms with Crippen molar-refractivity contribution in [3.05, 3.63) is 77.3 Å². The quantitative estimate of drug-likeness (QED) is 0.444. The monoisotopic (exact) mass is 439 g/mol. The number of aromatic nitrogens is 5. The predicted molar refractivity (Wildman–Crippen MR) is 127 cm³/mol. The number of para-hydroxylation sites is 3. The van der Waals surface area contributed by atoms with Crippen molar-refractivity contribution in [1.29, 1.82) is 0 Å². The topological polar surface area (TPSA) is 101 Å². The van der Waals surface area contributed by atoms with E-state index in [0.29, 0.717) is 34.4 Å². The number of H-pyrrole nitrogens is 1. The molecule has 0 amide bonds. The van der Waals surface area contributed by atoms with Gasteiger partial charge in [-0.15, -0.1) is 0 Å². The highest BCUT2D eigenvalue weighted by Gasteiger charge is 2.23. The summed E-state index contributed by atoms with van der Waals surface area (Å²) in [6, 6.07) is 17.4. The average Bonchev–Trinajstić information content (AvgIpc) is 3.34. The first-order valence-corrected chi connectivity index (χ1v) is 10.7. The third-order valence-electron chi connectivity index (χ3n) is 5.86. The summed E-state index contributed by atoms with van der Waals surface area (Å²) >= 11 is 0. The van der Waals surface area contributed by atoms with Crippen LogP contribution in [0.1, 0.15) is 0 Å². The van der Waals surface area contributed by atoms with E-state index >= 15 is 0 Å². The fourth-order valence-corrected chi connectivity index (χ4v) is 4.29. The molecule has 164 valence electrons. The Bertz CT molecular complexity index is 1530. The van der Waals surface area contributed by atoms with Gasteiger partial charge in [0, 0.05) is 19.4 Å². The summed E-state index contributed by atoms with van der Waals surface area (Å²) in [7, 11) is 2.05. The molecular weight excluding hydrogens is 418 g/mol. The molecule has 0 radical (unpaired) electrons. The Hall–Kier alpha value is -4.40. The highest BCUT2D eigenvalue weighted by molar-refractivity contribution is 6.02. The first-order chi connectivity index (χ1) is 16.2. The van der Waals surface area contributed by atoms with Crippen molar-refractivity contribution in [3.63, 3.8) is 0 Å². The SMILES string of the molecule is CN1CC(CNc2ncc3c4n[nH]cc4c(=O)n(-c4ccccc4)c3n2)Oc2ccccc21. The number of likely N-dealkylation sites (N-methyl/N-ethyl adjacent to an activating group) is 1. The number of ether oxygens (including phenoxy) is 1. The van der Waals surface area contributed by atoms with Crippen LogP contribution in [0.4, 0.5) is 11.6 Å². The molecule has 9 nitrogen and oxygen atoms in total. The van der Waals surface area contributed by atoms with Crippen molar-refractivity contribution in [2.24, 2.45) is 0 Å². The second-order valence-electron chi connectivity index (χ2n) is 8.02. The van der Waals surface area contributed by atoms with Gasteiger partial charge in [-0.25, -0.2) is 4.98 Å². The van der Waals surface area contributed by atoms with Gasteiger partial charge in [0.1, 0.15) is 17.4 Å². The van der Waals surface area contributed by atoms with Gasteiger partial charge in [0.15, 0.2) is 5.65 Å². The standard InChI is InChI=1S/C24H21N7O2/c1-30-14-16(33-20-10-6-5-9-19(20)30)11-25-24-26-12-17-21-18(13-27-29-21)23(32)31(22(17)28-24)15-7-3-2-4-8-15/h2-10,12-13,16H,11,14H2,1H3,(H,27,29)(H,25,26,28). The van der Waals surface area contributed by atoms with Gasteiger partial charge in [-0.1, -0.05) is 30.3 Å². The fourth-order valence-electron chi connectivity index (χ4n) is 4.29. The minimum Gasteiger partial charge on any atom is -0.485 e. The van der Waals surface area contributed by atoms with Crippen LogP contribution in [0.3, 0.4) is 0 Å². The first-order valence-electron chi connectivity index (χ1n) is 10.7. The Morgan fingerprint density at radius 1 is 1.12 bits per heavy atom. The summed E-state index contributed by atoms with van der Waals surface area (Å²) in [5.41, 5.74) is 2.67. The third-order valence-corrected chi connectivity index (χ3v) is 5.86. The molecule has 1 unspecified atom stereocenters. The summed E-state index contributed by atoms with van der Waals surface area (Å²) < 4.78 is 7.74. The number of aromatic amines is 1. The third kappa shape index (κ3) is 3.25. The number of benzene rings is 2. The van der Waals surface area contributed by atoms with Crippen LogP contribution >= 0.6 is 0 Å². The lowest BCUT2D eigenvalue weighted by Crippen LogP contribution is -2.41. The number of rotatable bonds is 4. The normalized spacial score (nSPS) is 15.4. The summed E-state index contributed by atoms with van der Waals surface area (Å²) in [5.74, 6) is 1.28. The molecule has 0 bridgehead atoms. The van der Waals surface area contributed by atoms with Crippen LogP contribution in [0.2, 0.25) is 0 Å². The molecule has 1 atom stereocenters. The summed E-state index contributed by atoms with van der Waals surface area (Å²) in [6.07, 6.45) is 3.24. The van der Waals surface area contributed by atoms with Crippen LogP contribution < -0.4 is 20.5 Å². The van der Waals surface area contributed by atoms with Crippen LogP contribution in [0.15, 0.2) is 71.8 Å². The molecule has 1 aliphatic heterocycles. The maximum absolute atomic E-state index is 13.3. The second-order valence-corrected chi connectivity index (χ2v) is 8.02. The van der Waals surface area contributed by atoms with Gasteiger partial charge in [-0.05, 0) is 24.3 Å². The molecule has 9 heteroatoms. The molecule has 0 saturated heterocycles. The molecule has 4 heterocycles. The van der Waals surface area contributed by atoms with E-state index in [0.717, 1.165) is 23.7 Å². The van der Waals surface area contributed by atoms with Crippen molar-refractivity contribution in [1.82, 2.24) is 24.7 Å². The molecule has 1 aliphatic rings. The number of nitrogens with zero attached hydrogens (tertiary/aromatic N) is 5. The number of hydrogen-bond donors (Lipinski definition) is 2. The van der Waals surface area contributed by atoms with Crippen LogP contribution in [0.25, 0.3) is 27.6 Å². The molecule has 5 aromatic rings. The minimum absolute atomic E-state index is 0.0747. The van der Waals surface area contributed by atoms with Crippen molar-refractivity contribution >= 4 is 33.6 Å². The van der Waals surface area contributed by atoms with Gasteiger partial charge in [-0.3, -0.25) is 14.5 Å². The van der Waals surface area contributed by atoms with Crippen LogP contribution in [-0.4, -0.2) is 51.0 Å². The van der Waals surface area contributed by atoms with E-state index in [2.05, 4.69) is 32.4 Å². The Kier molecular flexibility index (Phi) is 4.46. The molecule has 0 spiro atoms. The van der Waals surface area contributed by atoms with E-state index in [4.69, 9.17) is 9.72 Å². The van der Waals surface area contributed by atoms with E-state index < -0.39 is 0 Å². The van der Waals surface area contributed by atoms with E-state index in [1.165, 1.54) is 0 Å². The molecule has 6 rings (SSSR count). The number of hydrogen-bond acceptors (Lipinski definition) is 7. The van der Waals surface area contributed by atoms with E-state index in [9.17, 15) is 4.79 Å². The molecule has 0 fully saturated rings. The Labute approximate surface area is 188 Å². The zero-order chi connectivity index (χ0) is 22.4. The summed E-state index contributed by atoms with van der Waals surface area (Å²) in [6.45, 7) is 1.25. The second kappa shape index (κ2) is 7.63. The zero-order valence-corrected chi connectivity index (χ0v) is 17.9. The number of nitrogens with one attached hydrogen (secondary N) is 2. The van der Waals surface area contributed by atoms with Gasteiger partial charge in [0.2, 0.25) is 5.95 Å². The van der Waals surface area contributed by atoms with Crippen LogP contribution in [-0.2, 0) is 0 Å². The average molecular weight is 439 g/mol. The molecule has 2 aromatic carbocycles. The maximum atomic E-state index is 13.3. The molecule has 3 aromatic heterocycles. The van der Waals surface area contributed by atoms with Gasteiger partial charge >= 0.3 is 0 Å². The highest BCUT2D eigenvalue weighted by atomic mass is 16.5. The molecule has 0 aliphatic carbocycles. The van der Waals surface area contributed by atoms with Crippen LogP contribution in [0.5, 0.6) is 5.75 Å². The number of pyridine rings is 1.